The molecule has 0 bridgehead atoms. The van der Waals surface area contributed by atoms with Crippen molar-refractivity contribution in [2.75, 3.05) is 0 Å². The molecule has 0 aromatic heterocycles. The molecule has 0 amide bonds. The van der Waals surface area contributed by atoms with E-state index >= 15 is 0 Å². The summed E-state index contributed by atoms with van der Waals surface area (Å²) in [6.07, 6.45) is 0. The second kappa shape index (κ2) is 4.84. The number of ketones is 2. The number of carbonyl (C=O) groups excluding carboxylic acids is 2. The van der Waals surface area contributed by atoms with Crippen molar-refractivity contribution in [3.8, 4) is 11.5 Å². The Hall–Kier alpha value is -3.82. The van der Waals surface area contributed by atoms with E-state index < -0.39 is 61.0 Å². The van der Waals surface area contributed by atoms with Crippen molar-refractivity contribution in [2.45, 2.75) is 0 Å². The molecule has 1 aliphatic carbocycles. The molecule has 0 aliphatic heterocycles. The third kappa shape index (κ3) is 1.83. The maximum atomic E-state index is 12.6. The quantitative estimate of drug-likeness (QED) is 0.407. The van der Waals surface area contributed by atoms with E-state index in [0.717, 1.165) is 12.1 Å². The van der Waals surface area contributed by atoms with E-state index in [0.29, 0.717) is 6.07 Å². The molecule has 1 aliphatic rings. The number of carbonyl (C=O) groups is 2. The van der Waals surface area contributed by atoms with E-state index in [1.165, 1.54) is 6.07 Å². The van der Waals surface area contributed by atoms with Gasteiger partial charge in [-0.3, -0.25) is 29.8 Å². The van der Waals surface area contributed by atoms with Gasteiger partial charge < -0.3 is 10.2 Å². The first kappa shape index (κ1) is 15.1. The molecule has 10 nitrogen and oxygen atoms in total. The van der Waals surface area contributed by atoms with Gasteiger partial charge in [-0.25, -0.2) is 0 Å². The van der Waals surface area contributed by atoms with E-state index in [9.17, 15) is 40.0 Å². The summed E-state index contributed by atoms with van der Waals surface area (Å²) in [6, 6.07) is 3.88. The third-order valence-corrected chi connectivity index (χ3v) is 3.62. The van der Waals surface area contributed by atoms with Gasteiger partial charge in [0.25, 0.3) is 5.69 Å². The van der Waals surface area contributed by atoms with Gasteiger partial charge >= 0.3 is 5.69 Å². The summed E-state index contributed by atoms with van der Waals surface area (Å²) in [5.74, 6) is -4.10. The van der Waals surface area contributed by atoms with Gasteiger partial charge in [0.1, 0.15) is 11.3 Å². The van der Waals surface area contributed by atoms with Crippen LogP contribution in [0.3, 0.4) is 0 Å². The zero-order valence-corrected chi connectivity index (χ0v) is 11.5. The SMILES string of the molecule is O=C1c2cccc([N+](=O)[O-])c2C(=O)c2c(O)c([N+](=O)[O-])cc(O)c21. The smallest absolute Gasteiger partial charge is 0.315 e. The van der Waals surface area contributed by atoms with Crippen molar-refractivity contribution in [2.24, 2.45) is 0 Å². The summed E-state index contributed by atoms with van der Waals surface area (Å²) >= 11 is 0. The minimum atomic E-state index is -1.15. The molecular weight excluding hydrogens is 324 g/mol. The van der Waals surface area contributed by atoms with Crippen LogP contribution in [0.15, 0.2) is 24.3 Å². The lowest BCUT2D eigenvalue weighted by atomic mass is 9.82. The van der Waals surface area contributed by atoms with Crippen molar-refractivity contribution in [1.29, 1.82) is 0 Å². The average Bonchev–Trinajstić information content (AvgIpc) is 2.53. The molecule has 0 spiro atoms. The second-order valence-electron chi connectivity index (χ2n) is 4.89. The minimum Gasteiger partial charge on any atom is -0.507 e. The van der Waals surface area contributed by atoms with Crippen LogP contribution in [0.25, 0.3) is 0 Å². The van der Waals surface area contributed by atoms with E-state index in [1.54, 1.807) is 0 Å². The molecule has 0 unspecified atom stereocenters. The predicted molar refractivity (Wildman–Crippen MR) is 76.4 cm³/mol. The van der Waals surface area contributed by atoms with Crippen LogP contribution in [0.2, 0.25) is 0 Å². The standard InChI is InChI=1S/C14H6N2O8/c17-8-4-7(16(23)24)13(19)11-10(8)12(18)5-2-1-3-6(15(21)22)9(5)14(11)20/h1-4,17,19H. The molecule has 2 N–H and O–H groups in total. The van der Waals surface area contributed by atoms with Gasteiger partial charge in [0.2, 0.25) is 11.5 Å². The normalized spacial score (nSPS) is 12.5. The van der Waals surface area contributed by atoms with Gasteiger partial charge in [-0.05, 0) is 6.07 Å². The molecule has 120 valence electrons. The summed E-state index contributed by atoms with van der Waals surface area (Å²) in [5.41, 5.74) is -4.04. The van der Waals surface area contributed by atoms with Crippen LogP contribution in [0.1, 0.15) is 31.8 Å². The summed E-state index contributed by atoms with van der Waals surface area (Å²) < 4.78 is 0. The zero-order chi connectivity index (χ0) is 17.8. The monoisotopic (exact) mass is 330 g/mol. The van der Waals surface area contributed by atoms with Crippen LogP contribution in [0.4, 0.5) is 11.4 Å². The van der Waals surface area contributed by atoms with Crippen molar-refractivity contribution >= 4 is 22.9 Å². The first-order chi connectivity index (χ1) is 11.3. The maximum Gasteiger partial charge on any atom is 0.315 e. The Labute approximate surface area is 131 Å². The largest absolute Gasteiger partial charge is 0.507 e. The van der Waals surface area contributed by atoms with Crippen molar-refractivity contribution < 1.29 is 29.6 Å². The lowest BCUT2D eigenvalue weighted by molar-refractivity contribution is -0.386. The third-order valence-electron chi connectivity index (χ3n) is 3.62. The molecule has 0 saturated carbocycles. The van der Waals surface area contributed by atoms with Crippen molar-refractivity contribution in [1.82, 2.24) is 0 Å². The molecule has 3 rings (SSSR count). The first-order valence-electron chi connectivity index (χ1n) is 6.35. The summed E-state index contributed by atoms with van der Waals surface area (Å²) in [4.78, 5) is 45.1. The first-order valence-corrected chi connectivity index (χ1v) is 6.35. The molecule has 0 atom stereocenters. The van der Waals surface area contributed by atoms with E-state index in [4.69, 9.17) is 0 Å². The molecular formula is C14H6N2O8. The Morgan fingerprint density at radius 2 is 1.46 bits per heavy atom. The lowest BCUT2D eigenvalue weighted by Crippen LogP contribution is -2.22. The Morgan fingerprint density at radius 3 is 2.04 bits per heavy atom. The lowest BCUT2D eigenvalue weighted by Gasteiger charge is -2.18. The van der Waals surface area contributed by atoms with Crippen LogP contribution in [-0.4, -0.2) is 31.6 Å². The zero-order valence-electron chi connectivity index (χ0n) is 11.5. The van der Waals surface area contributed by atoms with Crippen LogP contribution in [0, 0.1) is 20.2 Å². The number of nitro groups is 2. The Bertz CT molecular complexity index is 979. The average molecular weight is 330 g/mol. The summed E-state index contributed by atoms with van der Waals surface area (Å²) in [7, 11) is 0. The van der Waals surface area contributed by atoms with E-state index in [1.807, 2.05) is 0 Å². The summed E-state index contributed by atoms with van der Waals surface area (Å²) in [6.45, 7) is 0. The number of hydrogen-bond acceptors (Lipinski definition) is 8. The topological polar surface area (TPSA) is 161 Å². The van der Waals surface area contributed by atoms with Gasteiger partial charge in [0.05, 0.1) is 27.0 Å². The number of phenols is 2. The fourth-order valence-corrected chi connectivity index (χ4v) is 2.61. The van der Waals surface area contributed by atoms with Crippen molar-refractivity contribution in [3.05, 3.63) is 66.7 Å². The maximum absolute atomic E-state index is 12.6. The molecule has 0 saturated heterocycles. The van der Waals surface area contributed by atoms with Crippen LogP contribution in [0.5, 0.6) is 11.5 Å². The van der Waals surface area contributed by atoms with Gasteiger partial charge in [-0.1, -0.05) is 6.07 Å². The number of hydrogen-bond donors (Lipinski definition) is 2. The predicted octanol–water partition coefficient (Wildman–Crippen LogP) is 1.69. The Balaban J connectivity index is 2.43. The molecule has 0 radical (unpaired) electrons. The number of rotatable bonds is 2. The van der Waals surface area contributed by atoms with Gasteiger partial charge in [-0.2, -0.15) is 0 Å². The fraction of sp³-hybridized carbons (Fsp3) is 0. The minimum absolute atomic E-state index is 0.328. The molecule has 10 heteroatoms. The highest BCUT2D eigenvalue weighted by atomic mass is 16.6. The Morgan fingerprint density at radius 1 is 0.833 bits per heavy atom. The van der Waals surface area contributed by atoms with Gasteiger partial charge in [0.15, 0.2) is 5.78 Å². The highest BCUT2D eigenvalue weighted by Crippen LogP contribution is 2.44. The molecule has 0 heterocycles. The highest BCUT2D eigenvalue weighted by Gasteiger charge is 2.41. The molecule has 2 aromatic carbocycles. The van der Waals surface area contributed by atoms with E-state index in [2.05, 4.69) is 0 Å². The fourth-order valence-electron chi connectivity index (χ4n) is 2.61. The van der Waals surface area contributed by atoms with Crippen LogP contribution in [-0.2, 0) is 0 Å². The molecule has 24 heavy (non-hydrogen) atoms. The second-order valence-corrected chi connectivity index (χ2v) is 4.89. The van der Waals surface area contributed by atoms with Crippen LogP contribution >= 0.6 is 0 Å². The number of phenolic OH excluding ortho intramolecular Hbond substituents is 2. The number of nitrogens with zero attached hydrogens (tertiary/aromatic N) is 2. The number of fused-ring (bicyclic) bond motifs is 2. The number of aromatic hydroxyl groups is 2. The summed E-state index contributed by atoms with van der Waals surface area (Å²) in [5, 5.41) is 41.8. The molecule has 2 aromatic rings. The Kier molecular flexibility index (Phi) is 3.04. The highest BCUT2D eigenvalue weighted by molar-refractivity contribution is 6.31. The van der Waals surface area contributed by atoms with Gasteiger partial charge in [-0.15, -0.1) is 0 Å². The van der Waals surface area contributed by atoms with Crippen LogP contribution < -0.4 is 0 Å². The molecule has 0 fully saturated rings. The van der Waals surface area contributed by atoms with Crippen molar-refractivity contribution in [3.63, 3.8) is 0 Å². The van der Waals surface area contributed by atoms with E-state index in [-0.39, 0.29) is 5.56 Å². The number of nitro benzene ring substituents is 2. The number of benzene rings is 2. The van der Waals surface area contributed by atoms with Gasteiger partial charge in [0, 0.05) is 11.6 Å².